The summed E-state index contributed by atoms with van der Waals surface area (Å²) in [5, 5.41) is 7.16. The van der Waals surface area contributed by atoms with Crippen LogP contribution in [-0.2, 0) is 16.4 Å². The monoisotopic (exact) mass is 431 g/mol. The Bertz CT molecular complexity index is 1320. The summed E-state index contributed by atoms with van der Waals surface area (Å²) in [7, 11) is -1.93. The number of nitrogens with one attached hydrogen (secondary N) is 2. The van der Waals surface area contributed by atoms with Crippen LogP contribution in [0.2, 0.25) is 0 Å². The van der Waals surface area contributed by atoms with E-state index in [9.17, 15) is 8.42 Å². The number of nitrogens with zero attached hydrogens (tertiary/aromatic N) is 3. The van der Waals surface area contributed by atoms with Gasteiger partial charge in [0, 0.05) is 43.3 Å². The van der Waals surface area contributed by atoms with E-state index in [1.807, 2.05) is 18.2 Å². The van der Waals surface area contributed by atoms with Gasteiger partial charge in [-0.3, -0.25) is 15.0 Å². The third kappa shape index (κ3) is 4.70. The fourth-order valence-electron chi connectivity index (χ4n) is 3.08. The molecule has 2 aromatic heterocycles. The minimum atomic E-state index is -3.61. The van der Waals surface area contributed by atoms with Gasteiger partial charge in [-0.15, -0.1) is 0 Å². The van der Waals surface area contributed by atoms with Crippen LogP contribution in [0.1, 0.15) is 5.56 Å². The predicted octanol–water partition coefficient (Wildman–Crippen LogP) is 3.65. The minimum absolute atomic E-state index is 0.249. The lowest BCUT2D eigenvalue weighted by atomic mass is 10.2. The SMILES string of the molecule is C/N=C(\NCc1ccc(S(=O)(=O)c2ccc3ncccc3c2)cc1)Nc1ccncc1. The predicted molar refractivity (Wildman–Crippen MR) is 122 cm³/mol. The highest BCUT2D eigenvalue weighted by Crippen LogP contribution is 2.24. The van der Waals surface area contributed by atoms with Crippen molar-refractivity contribution in [1.29, 1.82) is 0 Å². The molecule has 4 rings (SSSR count). The number of guanidine groups is 1. The Kier molecular flexibility index (Phi) is 5.90. The zero-order valence-corrected chi connectivity index (χ0v) is 17.7. The van der Waals surface area contributed by atoms with Crippen LogP contribution in [0.15, 0.2) is 100 Å². The van der Waals surface area contributed by atoms with Gasteiger partial charge in [0.1, 0.15) is 0 Å². The van der Waals surface area contributed by atoms with E-state index in [1.165, 1.54) is 0 Å². The Hall–Kier alpha value is -3.78. The van der Waals surface area contributed by atoms with Crippen LogP contribution in [0.5, 0.6) is 0 Å². The molecule has 156 valence electrons. The van der Waals surface area contributed by atoms with Crippen molar-refractivity contribution in [3.8, 4) is 0 Å². The quantitative estimate of drug-likeness (QED) is 0.370. The van der Waals surface area contributed by atoms with Crippen LogP contribution < -0.4 is 10.6 Å². The summed E-state index contributed by atoms with van der Waals surface area (Å²) in [6.45, 7) is 0.493. The third-order valence-electron chi connectivity index (χ3n) is 4.75. The second-order valence-corrected chi connectivity index (χ2v) is 8.74. The summed E-state index contributed by atoms with van der Waals surface area (Å²) in [6, 6.07) is 19.1. The molecule has 0 bridgehead atoms. The van der Waals surface area contributed by atoms with Crippen molar-refractivity contribution in [3.63, 3.8) is 0 Å². The molecule has 0 amide bonds. The number of anilines is 1. The van der Waals surface area contributed by atoms with Crippen LogP contribution >= 0.6 is 0 Å². The van der Waals surface area contributed by atoms with E-state index < -0.39 is 9.84 Å². The maximum Gasteiger partial charge on any atom is 0.206 e. The van der Waals surface area contributed by atoms with Crippen molar-refractivity contribution < 1.29 is 8.42 Å². The van der Waals surface area contributed by atoms with Gasteiger partial charge in [0.05, 0.1) is 15.3 Å². The lowest BCUT2D eigenvalue weighted by molar-refractivity contribution is 0.596. The first-order valence-corrected chi connectivity index (χ1v) is 11.1. The largest absolute Gasteiger partial charge is 0.352 e. The highest BCUT2D eigenvalue weighted by Gasteiger charge is 2.18. The van der Waals surface area contributed by atoms with Crippen molar-refractivity contribution in [2.24, 2.45) is 4.99 Å². The molecule has 0 aliphatic carbocycles. The summed E-state index contributed by atoms with van der Waals surface area (Å²) in [4.78, 5) is 12.9. The zero-order chi connectivity index (χ0) is 21.7. The highest BCUT2D eigenvalue weighted by molar-refractivity contribution is 7.91. The van der Waals surface area contributed by atoms with Gasteiger partial charge in [-0.2, -0.15) is 0 Å². The number of pyridine rings is 2. The van der Waals surface area contributed by atoms with Gasteiger partial charge in [-0.05, 0) is 54.1 Å². The fourth-order valence-corrected chi connectivity index (χ4v) is 4.38. The number of aliphatic imine (C=N–C) groups is 1. The van der Waals surface area contributed by atoms with E-state index >= 15 is 0 Å². The molecule has 0 atom stereocenters. The number of fused-ring (bicyclic) bond motifs is 1. The van der Waals surface area contributed by atoms with Crippen molar-refractivity contribution in [2.75, 3.05) is 12.4 Å². The van der Waals surface area contributed by atoms with E-state index in [-0.39, 0.29) is 9.79 Å². The summed E-state index contributed by atoms with van der Waals surface area (Å²) in [5.74, 6) is 0.604. The molecule has 2 heterocycles. The molecule has 0 spiro atoms. The molecule has 0 saturated heterocycles. The van der Waals surface area contributed by atoms with Gasteiger partial charge in [0.25, 0.3) is 0 Å². The number of aromatic nitrogens is 2. The van der Waals surface area contributed by atoms with Crippen LogP contribution in [0.4, 0.5) is 5.69 Å². The van der Waals surface area contributed by atoms with Gasteiger partial charge < -0.3 is 10.6 Å². The van der Waals surface area contributed by atoms with Crippen LogP contribution in [-0.4, -0.2) is 31.4 Å². The van der Waals surface area contributed by atoms with Gasteiger partial charge in [0.15, 0.2) is 5.96 Å². The summed E-state index contributed by atoms with van der Waals surface area (Å²) in [5.41, 5.74) is 2.56. The third-order valence-corrected chi connectivity index (χ3v) is 6.51. The first kappa shape index (κ1) is 20.5. The highest BCUT2D eigenvalue weighted by atomic mass is 32.2. The second kappa shape index (κ2) is 8.93. The topological polar surface area (TPSA) is 96.3 Å². The molecular weight excluding hydrogens is 410 g/mol. The Morgan fingerprint density at radius 1 is 0.935 bits per heavy atom. The zero-order valence-electron chi connectivity index (χ0n) is 16.9. The van der Waals surface area contributed by atoms with Crippen molar-refractivity contribution in [2.45, 2.75) is 16.3 Å². The molecule has 0 radical (unpaired) electrons. The van der Waals surface area contributed by atoms with Gasteiger partial charge >= 0.3 is 0 Å². The van der Waals surface area contributed by atoms with Crippen LogP contribution in [0, 0.1) is 0 Å². The lowest BCUT2D eigenvalue weighted by Crippen LogP contribution is -2.30. The number of benzene rings is 2. The van der Waals surface area contributed by atoms with Gasteiger partial charge in [0.2, 0.25) is 9.84 Å². The fraction of sp³-hybridized carbons (Fsp3) is 0.0870. The maximum atomic E-state index is 13.0. The Morgan fingerprint density at radius 3 is 2.42 bits per heavy atom. The first-order chi connectivity index (χ1) is 15.1. The summed E-state index contributed by atoms with van der Waals surface area (Å²) in [6.07, 6.45) is 5.08. The Morgan fingerprint density at radius 2 is 1.68 bits per heavy atom. The first-order valence-electron chi connectivity index (χ1n) is 9.63. The molecule has 31 heavy (non-hydrogen) atoms. The Balaban J connectivity index is 1.46. The normalized spacial score (nSPS) is 12.0. The summed E-state index contributed by atoms with van der Waals surface area (Å²) < 4.78 is 26.1. The molecule has 7 nitrogen and oxygen atoms in total. The van der Waals surface area contributed by atoms with E-state index in [1.54, 1.807) is 74.2 Å². The molecule has 0 fully saturated rings. The van der Waals surface area contributed by atoms with E-state index in [2.05, 4.69) is 25.6 Å². The number of sulfone groups is 1. The molecule has 0 aliphatic heterocycles. The van der Waals surface area contributed by atoms with Gasteiger partial charge in [-0.1, -0.05) is 18.2 Å². The molecule has 2 aromatic carbocycles. The number of hydrogen-bond acceptors (Lipinski definition) is 5. The molecule has 8 heteroatoms. The van der Waals surface area contributed by atoms with E-state index in [4.69, 9.17) is 0 Å². The van der Waals surface area contributed by atoms with E-state index in [0.29, 0.717) is 12.5 Å². The average Bonchev–Trinajstić information content (AvgIpc) is 2.82. The number of hydrogen-bond donors (Lipinski definition) is 2. The van der Waals surface area contributed by atoms with Crippen LogP contribution in [0.25, 0.3) is 10.9 Å². The molecule has 0 saturated carbocycles. The second-order valence-electron chi connectivity index (χ2n) is 6.79. The standard InChI is InChI=1S/C23H21N5O2S/c1-24-23(28-19-10-13-25-14-11-19)27-16-17-4-6-20(7-5-17)31(29,30)21-8-9-22-18(15-21)3-2-12-26-22/h2-15H,16H2,1H3,(H2,24,25,27,28). The minimum Gasteiger partial charge on any atom is -0.352 e. The van der Waals surface area contributed by atoms with Crippen molar-refractivity contribution in [3.05, 3.63) is 90.9 Å². The smallest absolute Gasteiger partial charge is 0.206 e. The number of rotatable bonds is 5. The average molecular weight is 432 g/mol. The van der Waals surface area contributed by atoms with E-state index in [0.717, 1.165) is 22.2 Å². The van der Waals surface area contributed by atoms with Gasteiger partial charge in [-0.25, -0.2) is 8.42 Å². The Labute approximate surface area is 180 Å². The molecular formula is C23H21N5O2S. The lowest BCUT2D eigenvalue weighted by Gasteiger charge is -2.12. The van der Waals surface area contributed by atoms with Crippen LogP contribution in [0.3, 0.4) is 0 Å². The molecule has 0 aliphatic rings. The summed E-state index contributed by atoms with van der Waals surface area (Å²) >= 11 is 0. The molecule has 4 aromatic rings. The van der Waals surface area contributed by atoms with Crippen molar-refractivity contribution in [1.82, 2.24) is 15.3 Å². The maximum absolute atomic E-state index is 13.0. The molecule has 0 unspecified atom stereocenters. The van der Waals surface area contributed by atoms with Crippen molar-refractivity contribution >= 4 is 32.4 Å². The molecule has 2 N–H and O–H groups in total.